The highest BCUT2D eigenvalue weighted by molar-refractivity contribution is 9.10. The second-order valence-corrected chi connectivity index (χ2v) is 5.14. The van der Waals surface area contributed by atoms with Crippen LogP contribution in [0.2, 0.25) is 0 Å². The molecule has 0 spiro atoms. The molecule has 1 saturated heterocycles. The Morgan fingerprint density at radius 2 is 2.31 bits per heavy atom. The van der Waals surface area contributed by atoms with Gasteiger partial charge in [-0.05, 0) is 24.6 Å². The van der Waals surface area contributed by atoms with Gasteiger partial charge in [-0.15, -0.1) is 12.4 Å². The Labute approximate surface area is 112 Å². The SMILES string of the molecule is CC1CN(Cc2cccc(Br)c2)CCN1.Cl. The van der Waals surface area contributed by atoms with Gasteiger partial charge in [-0.1, -0.05) is 28.1 Å². The van der Waals surface area contributed by atoms with Crippen molar-refractivity contribution in [2.75, 3.05) is 19.6 Å². The Hall–Kier alpha value is -0.0900. The fourth-order valence-electron chi connectivity index (χ4n) is 2.05. The van der Waals surface area contributed by atoms with Gasteiger partial charge in [0.05, 0.1) is 0 Å². The molecule has 1 atom stereocenters. The van der Waals surface area contributed by atoms with Gasteiger partial charge in [0.2, 0.25) is 0 Å². The van der Waals surface area contributed by atoms with Gasteiger partial charge in [-0.3, -0.25) is 4.90 Å². The van der Waals surface area contributed by atoms with Crippen molar-refractivity contribution in [1.29, 1.82) is 0 Å². The third kappa shape index (κ3) is 4.06. The molecule has 16 heavy (non-hydrogen) atoms. The third-order valence-corrected chi connectivity index (χ3v) is 3.24. The zero-order chi connectivity index (χ0) is 10.7. The van der Waals surface area contributed by atoms with Crippen LogP contribution in [0.15, 0.2) is 28.7 Å². The van der Waals surface area contributed by atoms with E-state index in [2.05, 4.69) is 57.3 Å². The van der Waals surface area contributed by atoms with E-state index < -0.39 is 0 Å². The molecule has 0 amide bonds. The van der Waals surface area contributed by atoms with Gasteiger partial charge >= 0.3 is 0 Å². The maximum Gasteiger partial charge on any atom is 0.0235 e. The molecule has 1 unspecified atom stereocenters. The highest BCUT2D eigenvalue weighted by Crippen LogP contribution is 2.14. The fourth-order valence-corrected chi connectivity index (χ4v) is 2.50. The smallest absolute Gasteiger partial charge is 0.0235 e. The minimum absolute atomic E-state index is 0. The Bertz CT molecular complexity index is 333. The Balaban J connectivity index is 0.00000128. The highest BCUT2D eigenvalue weighted by atomic mass is 79.9. The first-order chi connectivity index (χ1) is 7.24. The summed E-state index contributed by atoms with van der Waals surface area (Å²) < 4.78 is 1.17. The van der Waals surface area contributed by atoms with Crippen LogP contribution >= 0.6 is 28.3 Å². The van der Waals surface area contributed by atoms with Crippen molar-refractivity contribution in [2.45, 2.75) is 19.5 Å². The summed E-state index contributed by atoms with van der Waals surface area (Å²) in [5.41, 5.74) is 1.39. The maximum absolute atomic E-state index is 3.51. The summed E-state index contributed by atoms with van der Waals surface area (Å²) in [6, 6.07) is 9.19. The van der Waals surface area contributed by atoms with E-state index in [4.69, 9.17) is 0 Å². The number of hydrogen-bond donors (Lipinski definition) is 1. The lowest BCUT2D eigenvalue weighted by atomic mass is 10.1. The average Bonchev–Trinajstić information content (AvgIpc) is 2.17. The number of halogens is 2. The lowest BCUT2D eigenvalue weighted by Gasteiger charge is -2.31. The van der Waals surface area contributed by atoms with Crippen molar-refractivity contribution in [2.24, 2.45) is 0 Å². The molecule has 1 aliphatic heterocycles. The summed E-state index contributed by atoms with van der Waals surface area (Å²) in [7, 11) is 0. The lowest BCUT2D eigenvalue weighted by molar-refractivity contribution is 0.199. The number of nitrogens with zero attached hydrogens (tertiary/aromatic N) is 1. The van der Waals surface area contributed by atoms with E-state index in [1.54, 1.807) is 0 Å². The van der Waals surface area contributed by atoms with Crippen molar-refractivity contribution in [3.8, 4) is 0 Å². The summed E-state index contributed by atoms with van der Waals surface area (Å²) in [4.78, 5) is 2.50. The normalized spacial score (nSPS) is 21.5. The highest BCUT2D eigenvalue weighted by Gasteiger charge is 2.15. The van der Waals surface area contributed by atoms with E-state index in [1.165, 1.54) is 10.0 Å². The topological polar surface area (TPSA) is 15.3 Å². The molecule has 1 N–H and O–H groups in total. The number of hydrogen-bond acceptors (Lipinski definition) is 2. The summed E-state index contributed by atoms with van der Waals surface area (Å²) in [5, 5.41) is 3.46. The Morgan fingerprint density at radius 1 is 1.50 bits per heavy atom. The molecule has 0 aromatic heterocycles. The molecule has 0 radical (unpaired) electrons. The summed E-state index contributed by atoms with van der Waals surface area (Å²) in [6.45, 7) is 6.71. The Kier molecular flexibility index (Phi) is 5.76. The van der Waals surface area contributed by atoms with Gasteiger partial charge < -0.3 is 5.32 Å². The van der Waals surface area contributed by atoms with Gasteiger partial charge in [0, 0.05) is 36.7 Å². The summed E-state index contributed by atoms with van der Waals surface area (Å²) in [6.07, 6.45) is 0. The van der Waals surface area contributed by atoms with Gasteiger partial charge in [0.15, 0.2) is 0 Å². The van der Waals surface area contributed by atoms with Crippen LogP contribution in [-0.2, 0) is 6.54 Å². The predicted octanol–water partition coefficient (Wildman–Crippen LogP) is 2.66. The molecule has 1 aromatic carbocycles. The van der Waals surface area contributed by atoms with E-state index in [1.807, 2.05) is 0 Å². The quantitative estimate of drug-likeness (QED) is 0.904. The predicted molar refractivity (Wildman–Crippen MR) is 74.1 cm³/mol. The van der Waals surface area contributed by atoms with Crippen LogP contribution in [-0.4, -0.2) is 30.6 Å². The van der Waals surface area contributed by atoms with E-state index >= 15 is 0 Å². The van der Waals surface area contributed by atoms with E-state index in [-0.39, 0.29) is 12.4 Å². The molecule has 2 nitrogen and oxygen atoms in total. The first kappa shape index (κ1) is 14.0. The number of benzene rings is 1. The monoisotopic (exact) mass is 304 g/mol. The molecule has 1 aliphatic rings. The first-order valence-corrected chi connectivity index (χ1v) is 6.23. The van der Waals surface area contributed by atoms with Gasteiger partial charge in [-0.2, -0.15) is 0 Å². The minimum Gasteiger partial charge on any atom is -0.312 e. The molecular formula is C12H18BrClN2. The van der Waals surface area contributed by atoms with Crippen molar-refractivity contribution in [3.63, 3.8) is 0 Å². The van der Waals surface area contributed by atoms with E-state index in [9.17, 15) is 0 Å². The minimum atomic E-state index is 0. The van der Waals surface area contributed by atoms with Gasteiger partial charge in [0.25, 0.3) is 0 Å². The molecule has 1 aromatic rings. The maximum atomic E-state index is 3.51. The van der Waals surface area contributed by atoms with Crippen LogP contribution in [0.25, 0.3) is 0 Å². The van der Waals surface area contributed by atoms with Gasteiger partial charge in [-0.25, -0.2) is 0 Å². The largest absolute Gasteiger partial charge is 0.312 e. The lowest BCUT2D eigenvalue weighted by Crippen LogP contribution is -2.48. The Morgan fingerprint density at radius 3 is 3.00 bits per heavy atom. The molecule has 0 bridgehead atoms. The van der Waals surface area contributed by atoms with E-state index in [0.717, 1.165) is 26.2 Å². The van der Waals surface area contributed by atoms with Crippen LogP contribution in [0.4, 0.5) is 0 Å². The molecule has 1 heterocycles. The zero-order valence-corrected chi connectivity index (χ0v) is 11.9. The van der Waals surface area contributed by atoms with Crippen LogP contribution in [0.3, 0.4) is 0 Å². The second kappa shape index (κ2) is 6.60. The molecule has 2 rings (SSSR count). The van der Waals surface area contributed by atoms with Crippen LogP contribution in [0.1, 0.15) is 12.5 Å². The summed E-state index contributed by atoms with van der Waals surface area (Å²) in [5.74, 6) is 0. The van der Waals surface area contributed by atoms with E-state index in [0.29, 0.717) is 6.04 Å². The summed E-state index contributed by atoms with van der Waals surface area (Å²) >= 11 is 3.51. The first-order valence-electron chi connectivity index (χ1n) is 5.44. The molecule has 4 heteroatoms. The molecule has 0 saturated carbocycles. The fraction of sp³-hybridized carbons (Fsp3) is 0.500. The van der Waals surface area contributed by atoms with Crippen molar-refractivity contribution >= 4 is 28.3 Å². The molecule has 1 fully saturated rings. The average molecular weight is 306 g/mol. The van der Waals surface area contributed by atoms with Gasteiger partial charge in [0.1, 0.15) is 0 Å². The second-order valence-electron chi connectivity index (χ2n) is 4.22. The molecule has 0 aliphatic carbocycles. The number of rotatable bonds is 2. The zero-order valence-electron chi connectivity index (χ0n) is 9.45. The standard InChI is InChI=1S/C12H17BrN2.ClH/c1-10-8-15(6-5-14-10)9-11-3-2-4-12(13)7-11;/h2-4,7,10,14H,5-6,8-9H2,1H3;1H. The van der Waals surface area contributed by atoms with Crippen LogP contribution in [0.5, 0.6) is 0 Å². The number of piperazine rings is 1. The van der Waals surface area contributed by atoms with Crippen LogP contribution in [0, 0.1) is 0 Å². The van der Waals surface area contributed by atoms with Crippen molar-refractivity contribution in [1.82, 2.24) is 10.2 Å². The number of nitrogens with one attached hydrogen (secondary N) is 1. The molecule has 90 valence electrons. The van der Waals surface area contributed by atoms with Crippen LogP contribution < -0.4 is 5.32 Å². The third-order valence-electron chi connectivity index (χ3n) is 2.75. The molecular weight excluding hydrogens is 288 g/mol. The van der Waals surface area contributed by atoms with Crippen molar-refractivity contribution < 1.29 is 0 Å². The van der Waals surface area contributed by atoms with Crippen molar-refractivity contribution in [3.05, 3.63) is 34.3 Å².